The van der Waals surface area contributed by atoms with Crippen LogP contribution >= 0.6 is 17.2 Å². The monoisotopic (exact) mass is 455 g/mol. The van der Waals surface area contributed by atoms with E-state index in [1.54, 1.807) is 0 Å². The molecule has 0 aromatic heterocycles. The van der Waals surface area contributed by atoms with Crippen LogP contribution < -0.4 is 15.9 Å². The molecule has 32 heavy (non-hydrogen) atoms. The summed E-state index contributed by atoms with van der Waals surface area (Å²) in [6.07, 6.45) is 1.45. The zero-order valence-corrected chi connectivity index (χ0v) is 19.9. The van der Waals surface area contributed by atoms with Crippen LogP contribution in [0.2, 0.25) is 0 Å². The van der Waals surface area contributed by atoms with E-state index >= 15 is 0 Å². The molecular formula is C29H27ClNP. The Morgan fingerprint density at radius 3 is 1.56 bits per heavy atom. The van der Waals surface area contributed by atoms with E-state index in [0.717, 1.165) is 22.3 Å². The van der Waals surface area contributed by atoms with Crippen molar-refractivity contribution < 1.29 is 0 Å². The molecule has 0 fully saturated rings. The van der Waals surface area contributed by atoms with Gasteiger partial charge < -0.3 is 0 Å². The van der Waals surface area contributed by atoms with Crippen LogP contribution in [0.5, 0.6) is 0 Å². The fraction of sp³-hybridized carbons (Fsp3) is 0.138. The average Bonchev–Trinajstić information content (AvgIpc) is 2.86. The first-order chi connectivity index (χ1) is 15.5. The van der Waals surface area contributed by atoms with Crippen molar-refractivity contribution >= 4 is 33.1 Å². The second-order valence-corrected chi connectivity index (χ2v) is 14.9. The van der Waals surface area contributed by atoms with Gasteiger partial charge >= 0.3 is 196 Å². The molecule has 4 aromatic rings. The summed E-state index contributed by atoms with van der Waals surface area (Å²) < 4.78 is 0. The van der Waals surface area contributed by atoms with Gasteiger partial charge in [0.15, 0.2) is 0 Å². The summed E-state index contributed by atoms with van der Waals surface area (Å²) in [5.74, 6) is -3.37. The fourth-order valence-corrected chi connectivity index (χ4v) is 10.7. The summed E-state index contributed by atoms with van der Waals surface area (Å²) in [5, 5.41) is 12.8. The maximum atomic E-state index is 9.27. The van der Waals surface area contributed by atoms with Crippen LogP contribution in [-0.4, -0.2) is 0 Å². The van der Waals surface area contributed by atoms with E-state index in [1.807, 2.05) is 25.1 Å². The molecule has 0 saturated heterocycles. The number of benzene rings is 4. The molecule has 0 amide bonds. The summed E-state index contributed by atoms with van der Waals surface area (Å²) in [6, 6.07) is 42.6. The summed E-state index contributed by atoms with van der Waals surface area (Å²) in [6.45, 7) is 1.96. The van der Waals surface area contributed by atoms with Crippen molar-refractivity contribution in [3.05, 3.63) is 126 Å². The maximum absolute atomic E-state index is 9.27. The van der Waals surface area contributed by atoms with Crippen LogP contribution in [0.1, 0.15) is 18.1 Å². The Morgan fingerprint density at radius 1 is 0.688 bits per heavy atom. The van der Waals surface area contributed by atoms with Gasteiger partial charge in [-0.25, -0.2) is 0 Å². The molecule has 0 heterocycles. The summed E-state index contributed by atoms with van der Waals surface area (Å²) >= 11 is 8.17. The molecule has 0 spiro atoms. The van der Waals surface area contributed by atoms with Crippen LogP contribution in [0.15, 0.2) is 115 Å². The number of hydrogen-bond donors (Lipinski definition) is 0. The van der Waals surface area contributed by atoms with Crippen LogP contribution in [0.4, 0.5) is 0 Å². The topological polar surface area (TPSA) is 23.8 Å². The normalized spacial score (nSPS) is 13.5. The van der Waals surface area contributed by atoms with Gasteiger partial charge in [-0.05, 0) is 0 Å². The Bertz CT molecular complexity index is 1120. The molecule has 4 aromatic carbocycles. The van der Waals surface area contributed by atoms with Gasteiger partial charge in [0.2, 0.25) is 0 Å². The molecule has 160 valence electrons. The van der Waals surface area contributed by atoms with Crippen molar-refractivity contribution in [1.82, 2.24) is 0 Å². The minimum absolute atomic E-state index is 0.0196. The Balaban J connectivity index is 1.97. The molecule has 4 rings (SSSR count). The van der Waals surface area contributed by atoms with E-state index in [9.17, 15) is 5.26 Å². The molecule has 0 aliphatic heterocycles. The van der Waals surface area contributed by atoms with Crippen LogP contribution in [0, 0.1) is 17.2 Å². The quantitative estimate of drug-likeness (QED) is 0.289. The van der Waals surface area contributed by atoms with Gasteiger partial charge in [0.1, 0.15) is 0 Å². The average molecular weight is 456 g/mol. The SMILES string of the molecule is CC(C#N)Cc1cccc(CP(Cl)(c2ccccc2)(c2ccccc2)c2ccccc2)c1. The standard InChI is InChI=1S/C29H27ClNP/c1-24(22-31)20-25-12-11-13-26(21-25)23-32(30,27-14-5-2-6-15-27,28-16-7-3-8-17-28)29-18-9-4-10-19-29/h2-19,21,24H,20,23H2,1H3. The van der Waals surface area contributed by atoms with Crippen LogP contribution in [0.25, 0.3) is 0 Å². The van der Waals surface area contributed by atoms with E-state index < -0.39 is 5.96 Å². The number of nitriles is 1. The predicted octanol–water partition coefficient (Wildman–Crippen LogP) is 6.57. The first-order valence-corrected chi connectivity index (χ1v) is 14.2. The van der Waals surface area contributed by atoms with Crippen molar-refractivity contribution in [3.63, 3.8) is 0 Å². The molecule has 0 bridgehead atoms. The number of halogens is 1. The molecule has 1 nitrogen and oxygen atoms in total. The summed E-state index contributed by atoms with van der Waals surface area (Å²) in [5.41, 5.74) is 2.37. The van der Waals surface area contributed by atoms with Crippen molar-refractivity contribution in [2.75, 3.05) is 0 Å². The predicted molar refractivity (Wildman–Crippen MR) is 140 cm³/mol. The Kier molecular flexibility index (Phi) is 6.48. The van der Waals surface area contributed by atoms with E-state index in [0.29, 0.717) is 6.16 Å². The van der Waals surface area contributed by atoms with E-state index in [1.165, 1.54) is 11.1 Å². The number of nitrogens with zero attached hydrogens (tertiary/aromatic N) is 1. The van der Waals surface area contributed by atoms with Crippen molar-refractivity contribution in [2.24, 2.45) is 5.92 Å². The third-order valence-electron chi connectivity index (χ3n) is 6.12. The van der Waals surface area contributed by atoms with Crippen LogP contribution in [0.3, 0.4) is 0 Å². The van der Waals surface area contributed by atoms with Gasteiger partial charge in [0.05, 0.1) is 0 Å². The number of rotatable bonds is 7. The third-order valence-corrected chi connectivity index (χ3v) is 13.3. The van der Waals surface area contributed by atoms with Crippen molar-refractivity contribution in [1.29, 1.82) is 5.26 Å². The van der Waals surface area contributed by atoms with Crippen molar-refractivity contribution in [3.8, 4) is 6.07 Å². The minimum atomic E-state index is -3.35. The van der Waals surface area contributed by atoms with Gasteiger partial charge in [-0.1, -0.05) is 0 Å². The third kappa shape index (κ3) is 4.10. The molecule has 3 heteroatoms. The second kappa shape index (κ2) is 9.30. The Labute approximate surface area is 196 Å². The van der Waals surface area contributed by atoms with E-state index in [-0.39, 0.29) is 5.92 Å². The molecule has 0 radical (unpaired) electrons. The fourth-order valence-electron chi connectivity index (χ4n) is 4.53. The van der Waals surface area contributed by atoms with Gasteiger partial charge in [-0.15, -0.1) is 0 Å². The molecule has 0 aliphatic carbocycles. The Hall–Kier alpha value is -2.91. The van der Waals surface area contributed by atoms with Gasteiger partial charge in [0.25, 0.3) is 0 Å². The first kappa shape index (κ1) is 22.3. The van der Waals surface area contributed by atoms with Gasteiger partial charge in [-0.3, -0.25) is 0 Å². The molecule has 1 unspecified atom stereocenters. The van der Waals surface area contributed by atoms with Crippen LogP contribution in [-0.2, 0) is 12.6 Å². The van der Waals surface area contributed by atoms with E-state index in [4.69, 9.17) is 11.2 Å². The Morgan fingerprint density at radius 2 is 1.12 bits per heavy atom. The molecule has 0 aliphatic rings. The van der Waals surface area contributed by atoms with Gasteiger partial charge in [-0.2, -0.15) is 0 Å². The first-order valence-electron chi connectivity index (χ1n) is 10.9. The molecule has 0 N–H and O–H groups in total. The van der Waals surface area contributed by atoms with Gasteiger partial charge in [0, 0.05) is 0 Å². The molecular weight excluding hydrogens is 429 g/mol. The molecule has 1 atom stereocenters. The molecule has 0 saturated carbocycles. The number of hydrogen-bond acceptors (Lipinski definition) is 1. The zero-order chi connectivity index (χ0) is 22.5. The summed E-state index contributed by atoms with van der Waals surface area (Å²) in [7, 11) is 0. The van der Waals surface area contributed by atoms with Crippen molar-refractivity contribution in [2.45, 2.75) is 19.5 Å². The second-order valence-electron chi connectivity index (χ2n) is 8.40. The van der Waals surface area contributed by atoms with E-state index in [2.05, 4.69) is 103 Å². The zero-order valence-electron chi connectivity index (χ0n) is 18.2. The summed E-state index contributed by atoms with van der Waals surface area (Å²) in [4.78, 5) is 0.